The monoisotopic (exact) mass is 317 g/mol. The number of carbonyl (C=O) groups is 1. The molecule has 0 aliphatic heterocycles. The first-order valence-corrected chi connectivity index (χ1v) is 7.66. The molecule has 3 N–H and O–H groups in total. The lowest BCUT2D eigenvalue weighted by atomic mass is 10.4. The van der Waals surface area contributed by atoms with E-state index < -0.39 is 15.9 Å². The zero-order valence-corrected chi connectivity index (χ0v) is 11.7. The minimum Gasteiger partial charge on any atom is -0.365 e. The maximum Gasteiger partial charge on any atom is 0.262 e. The van der Waals surface area contributed by atoms with Gasteiger partial charge in [0.25, 0.3) is 15.9 Å². The third-order valence-corrected chi connectivity index (χ3v) is 4.87. The number of pyridine rings is 1. The van der Waals surface area contributed by atoms with Crippen LogP contribution in [0.5, 0.6) is 0 Å². The fourth-order valence-electron chi connectivity index (χ4n) is 1.25. The average Bonchev–Trinajstić information content (AvgIpc) is 2.82. The Kier molecular flexibility index (Phi) is 3.74. The summed E-state index contributed by atoms with van der Waals surface area (Å²) in [5, 5.41) is 1.36. The van der Waals surface area contributed by atoms with Crippen LogP contribution in [0.2, 0.25) is 5.15 Å². The van der Waals surface area contributed by atoms with Gasteiger partial charge in [0, 0.05) is 11.6 Å². The Hall–Kier alpha value is -1.64. The van der Waals surface area contributed by atoms with E-state index in [1.807, 2.05) is 0 Å². The number of primary amides is 1. The third kappa shape index (κ3) is 3.03. The minimum atomic E-state index is -3.82. The zero-order chi connectivity index (χ0) is 14.0. The summed E-state index contributed by atoms with van der Waals surface area (Å²) in [6.45, 7) is 0. The number of halogens is 1. The first-order valence-electron chi connectivity index (χ1n) is 4.92. The smallest absolute Gasteiger partial charge is 0.262 e. The van der Waals surface area contributed by atoms with Crippen molar-refractivity contribution in [3.63, 3.8) is 0 Å². The normalized spacial score (nSPS) is 11.2. The van der Waals surface area contributed by atoms with Crippen molar-refractivity contribution in [2.24, 2.45) is 5.73 Å². The number of nitrogens with one attached hydrogen (secondary N) is 1. The lowest BCUT2D eigenvalue weighted by Gasteiger charge is -2.06. The molecule has 9 heteroatoms. The van der Waals surface area contributed by atoms with Crippen molar-refractivity contribution in [2.45, 2.75) is 4.90 Å². The van der Waals surface area contributed by atoms with E-state index in [0.29, 0.717) is 0 Å². The summed E-state index contributed by atoms with van der Waals surface area (Å²) in [6, 6.07) is 4.24. The van der Waals surface area contributed by atoms with E-state index >= 15 is 0 Å². The second-order valence-electron chi connectivity index (χ2n) is 3.46. The van der Waals surface area contributed by atoms with Crippen LogP contribution in [0.3, 0.4) is 0 Å². The molecule has 0 aliphatic rings. The summed E-state index contributed by atoms with van der Waals surface area (Å²) in [4.78, 5) is 14.8. The molecule has 0 saturated carbocycles. The van der Waals surface area contributed by atoms with Gasteiger partial charge in [0.1, 0.15) is 0 Å². The van der Waals surface area contributed by atoms with Crippen molar-refractivity contribution in [1.82, 2.24) is 4.98 Å². The molecule has 0 spiro atoms. The molecule has 0 bridgehead atoms. The fourth-order valence-corrected chi connectivity index (χ4v) is 3.67. The number of nitrogens with zero attached hydrogens (tertiary/aromatic N) is 1. The van der Waals surface area contributed by atoms with Gasteiger partial charge in [-0.05, 0) is 18.2 Å². The Morgan fingerprint density at radius 3 is 2.79 bits per heavy atom. The number of aromatic nitrogens is 1. The molecule has 1 amide bonds. The third-order valence-electron chi connectivity index (χ3n) is 2.13. The van der Waals surface area contributed by atoms with E-state index in [-0.39, 0.29) is 20.6 Å². The number of amides is 1. The van der Waals surface area contributed by atoms with E-state index in [1.165, 1.54) is 23.7 Å². The molecular weight excluding hydrogens is 310 g/mol. The number of rotatable bonds is 4. The highest BCUT2D eigenvalue weighted by Crippen LogP contribution is 2.24. The van der Waals surface area contributed by atoms with E-state index in [4.69, 9.17) is 17.3 Å². The summed E-state index contributed by atoms with van der Waals surface area (Å²) in [6.07, 6.45) is 1.44. The van der Waals surface area contributed by atoms with Crippen molar-refractivity contribution in [3.8, 4) is 0 Å². The van der Waals surface area contributed by atoms with E-state index in [0.717, 1.165) is 11.3 Å². The topological polar surface area (TPSA) is 102 Å². The molecule has 100 valence electrons. The standard InChI is InChI=1S/C10H8ClN3O3S2/c11-9-7(2-1-3-13-9)14-19(16,17)6-4-8(10(12)15)18-5-6/h1-5,14H,(H2,12,15). The highest BCUT2D eigenvalue weighted by Gasteiger charge is 2.19. The molecule has 6 nitrogen and oxygen atoms in total. The molecule has 2 rings (SSSR count). The van der Waals surface area contributed by atoms with Crippen LogP contribution in [-0.2, 0) is 10.0 Å². The van der Waals surface area contributed by atoms with Gasteiger partial charge in [0.15, 0.2) is 5.15 Å². The number of hydrogen-bond acceptors (Lipinski definition) is 5. The van der Waals surface area contributed by atoms with Crippen LogP contribution in [0.4, 0.5) is 5.69 Å². The molecule has 2 aromatic heterocycles. The summed E-state index contributed by atoms with van der Waals surface area (Å²) >= 11 is 6.72. The molecule has 0 atom stereocenters. The van der Waals surface area contributed by atoms with Crippen LogP contribution in [0.1, 0.15) is 9.67 Å². The highest BCUT2D eigenvalue weighted by molar-refractivity contribution is 7.92. The van der Waals surface area contributed by atoms with Crippen LogP contribution in [-0.4, -0.2) is 19.3 Å². The quantitative estimate of drug-likeness (QED) is 0.838. The first kappa shape index (κ1) is 13.8. The van der Waals surface area contributed by atoms with E-state index in [2.05, 4.69) is 9.71 Å². The molecule has 2 heterocycles. The molecule has 0 aromatic carbocycles. The van der Waals surface area contributed by atoms with Gasteiger partial charge < -0.3 is 5.73 Å². The SMILES string of the molecule is NC(=O)c1cc(S(=O)(=O)Nc2cccnc2Cl)cs1. The van der Waals surface area contributed by atoms with Gasteiger partial charge in [-0.2, -0.15) is 0 Å². The molecule has 0 saturated heterocycles. The van der Waals surface area contributed by atoms with Gasteiger partial charge >= 0.3 is 0 Å². The molecule has 2 aromatic rings. The van der Waals surface area contributed by atoms with Gasteiger partial charge in [-0.15, -0.1) is 11.3 Å². The summed E-state index contributed by atoms with van der Waals surface area (Å²) in [5.41, 5.74) is 5.24. The van der Waals surface area contributed by atoms with E-state index in [9.17, 15) is 13.2 Å². The number of nitrogens with two attached hydrogens (primary N) is 1. The minimum absolute atomic E-state index is 0.0384. The van der Waals surface area contributed by atoms with Crippen LogP contribution in [0.15, 0.2) is 34.7 Å². The lowest BCUT2D eigenvalue weighted by Crippen LogP contribution is -2.13. The summed E-state index contributed by atoms with van der Waals surface area (Å²) < 4.78 is 26.4. The number of carbonyl (C=O) groups excluding carboxylic acids is 1. The van der Waals surface area contributed by atoms with Crippen molar-refractivity contribution >= 4 is 44.6 Å². The van der Waals surface area contributed by atoms with Crippen molar-refractivity contribution < 1.29 is 13.2 Å². The van der Waals surface area contributed by atoms with Crippen molar-refractivity contribution in [3.05, 3.63) is 39.8 Å². The molecule has 0 unspecified atom stereocenters. The maximum atomic E-state index is 12.0. The molecule has 0 aliphatic carbocycles. The Morgan fingerprint density at radius 2 is 2.21 bits per heavy atom. The van der Waals surface area contributed by atoms with Gasteiger partial charge in [-0.3, -0.25) is 9.52 Å². The largest absolute Gasteiger partial charge is 0.365 e. The number of thiophene rings is 1. The summed E-state index contributed by atoms with van der Waals surface area (Å²) in [7, 11) is -3.82. The van der Waals surface area contributed by atoms with Crippen molar-refractivity contribution in [2.75, 3.05) is 4.72 Å². The molecular formula is C10H8ClN3O3S2. The lowest BCUT2D eigenvalue weighted by molar-refractivity contribution is 0.100. The van der Waals surface area contributed by atoms with Crippen LogP contribution in [0.25, 0.3) is 0 Å². The zero-order valence-electron chi connectivity index (χ0n) is 9.33. The van der Waals surface area contributed by atoms with Crippen LogP contribution < -0.4 is 10.5 Å². The highest BCUT2D eigenvalue weighted by atomic mass is 35.5. The number of anilines is 1. The Labute approximate surface area is 118 Å². The summed E-state index contributed by atoms with van der Waals surface area (Å²) in [5.74, 6) is -0.675. The molecule has 0 fully saturated rings. The Balaban J connectivity index is 2.32. The van der Waals surface area contributed by atoms with Gasteiger partial charge in [-0.1, -0.05) is 11.6 Å². The second kappa shape index (κ2) is 5.16. The first-order chi connectivity index (χ1) is 8.90. The van der Waals surface area contributed by atoms with Crippen LogP contribution in [0, 0.1) is 0 Å². The predicted octanol–water partition coefficient (Wildman–Crippen LogP) is 1.70. The molecule has 0 radical (unpaired) electrons. The van der Waals surface area contributed by atoms with Gasteiger partial charge in [-0.25, -0.2) is 13.4 Å². The average molecular weight is 318 g/mol. The van der Waals surface area contributed by atoms with Gasteiger partial charge in [0.05, 0.1) is 15.5 Å². The fraction of sp³-hybridized carbons (Fsp3) is 0. The molecule has 19 heavy (non-hydrogen) atoms. The second-order valence-corrected chi connectivity index (χ2v) is 6.41. The van der Waals surface area contributed by atoms with Crippen LogP contribution >= 0.6 is 22.9 Å². The van der Waals surface area contributed by atoms with E-state index in [1.54, 1.807) is 6.07 Å². The maximum absolute atomic E-state index is 12.0. The number of sulfonamides is 1. The predicted molar refractivity (Wildman–Crippen MR) is 72.9 cm³/mol. The Bertz CT molecular complexity index is 727. The Morgan fingerprint density at radius 1 is 1.47 bits per heavy atom. The van der Waals surface area contributed by atoms with Gasteiger partial charge in [0.2, 0.25) is 0 Å². The number of hydrogen-bond donors (Lipinski definition) is 2. The van der Waals surface area contributed by atoms with Crippen molar-refractivity contribution in [1.29, 1.82) is 0 Å².